The molecule has 0 aliphatic carbocycles. The molecule has 0 rings (SSSR count). The van der Waals surface area contributed by atoms with Crippen LogP contribution in [0.15, 0.2) is 24.3 Å². The Morgan fingerprint density at radius 1 is 0.509 bits per heavy atom. The minimum Gasteiger partial charge on any atom is -0.462 e. The number of carbonyl (C=O) groups is 2. The van der Waals surface area contributed by atoms with Crippen molar-refractivity contribution in [2.75, 3.05) is 26.4 Å². The summed E-state index contributed by atoms with van der Waals surface area (Å²) in [6.45, 7) is 2.37. The molecule has 0 aromatic rings. The van der Waals surface area contributed by atoms with E-state index in [4.69, 9.17) is 23.6 Å². The third-order valence-corrected chi connectivity index (χ3v) is 11.0. The molecule has 0 heterocycles. The van der Waals surface area contributed by atoms with Gasteiger partial charge in [0, 0.05) is 12.8 Å². The summed E-state index contributed by atoms with van der Waals surface area (Å²) in [6, 6.07) is 0. The largest absolute Gasteiger partial charge is 0.472 e. The molecule has 0 aliphatic heterocycles. The first-order chi connectivity index (χ1) is 27.7. The quantitative estimate of drug-likeness (QED) is 0.0234. The van der Waals surface area contributed by atoms with Crippen molar-refractivity contribution in [1.82, 2.24) is 0 Å². The van der Waals surface area contributed by atoms with Crippen LogP contribution < -0.4 is 0 Å². The van der Waals surface area contributed by atoms with Crippen molar-refractivity contribution in [3.63, 3.8) is 0 Å². The van der Waals surface area contributed by atoms with E-state index in [1.54, 1.807) is 0 Å². The molecule has 57 heavy (non-hydrogen) atoms. The number of ether oxygens (including phenoxy) is 2. The average molecular weight is 831 g/mol. The topological polar surface area (TPSA) is 149 Å². The van der Waals surface area contributed by atoms with Gasteiger partial charge < -0.3 is 24.6 Å². The highest BCUT2D eigenvalue weighted by Gasteiger charge is 2.27. The van der Waals surface area contributed by atoms with E-state index in [2.05, 4.69) is 38.2 Å². The lowest BCUT2D eigenvalue weighted by atomic mass is 10.0. The Labute approximate surface area is 348 Å². The Hall–Kier alpha value is -1.55. The van der Waals surface area contributed by atoms with Crippen molar-refractivity contribution < 1.29 is 47.8 Å². The molecule has 0 bridgehead atoms. The number of hydrogen-bond donors (Lipinski definition) is 3. The third-order valence-electron chi connectivity index (χ3n) is 10.1. The predicted octanol–water partition coefficient (Wildman–Crippen LogP) is 12.6. The molecule has 0 amide bonds. The first kappa shape index (κ1) is 55.5. The normalized spacial score (nSPS) is 14.0. The fourth-order valence-electron chi connectivity index (χ4n) is 6.45. The Kier molecular flexibility index (Phi) is 41.4. The molecule has 0 fully saturated rings. The predicted molar refractivity (Wildman–Crippen MR) is 233 cm³/mol. The zero-order valence-corrected chi connectivity index (χ0v) is 37.5. The number of esters is 2. The summed E-state index contributed by atoms with van der Waals surface area (Å²) in [4.78, 5) is 35.0. The number of aliphatic hydroxyl groups is 2. The maximum absolute atomic E-state index is 12.6. The highest BCUT2D eigenvalue weighted by atomic mass is 31.2. The van der Waals surface area contributed by atoms with E-state index in [1.165, 1.54) is 122 Å². The minimum atomic E-state index is -4.62. The zero-order valence-electron chi connectivity index (χ0n) is 36.6. The monoisotopic (exact) mass is 831 g/mol. The molecule has 3 N–H and O–H groups in total. The van der Waals surface area contributed by atoms with Gasteiger partial charge in [0.15, 0.2) is 6.10 Å². The molecule has 3 atom stereocenters. The van der Waals surface area contributed by atoms with Gasteiger partial charge in [0.1, 0.15) is 12.7 Å². The van der Waals surface area contributed by atoms with Crippen LogP contribution in [0.1, 0.15) is 219 Å². The van der Waals surface area contributed by atoms with Gasteiger partial charge in [-0.25, -0.2) is 4.57 Å². The molecule has 0 saturated heterocycles. The van der Waals surface area contributed by atoms with Gasteiger partial charge in [0.2, 0.25) is 0 Å². The Morgan fingerprint density at radius 2 is 0.860 bits per heavy atom. The maximum atomic E-state index is 12.6. The van der Waals surface area contributed by atoms with E-state index >= 15 is 0 Å². The second-order valence-electron chi connectivity index (χ2n) is 15.8. The molecule has 10 nitrogen and oxygen atoms in total. The first-order valence-electron chi connectivity index (χ1n) is 23.3. The molecule has 0 saturated carbocycles. The summed E-state index contributed by atoms with van der Waals surface area (Å²) in [7, 11) is -4.62. The number of hydrogen-bond acceptors (Lipinski definition) is 9. The second-order valence-corrected chi connectivity index (χ2v) is 17.2. The van der Waals surface area contributed by atoms with Crippen molar-refractivity contribution in [3.05, 3.63) is 24.3 Å². The van der Waals surface area contributed by atoms with Crippen molar-refractivity contribution in [1.29, 1.82) is 0 Å². The number of aliphatic hydroxyl groups excluding tert-OH is 2. The summed E-state index contributed by atoms with van der Waals surface area (Å²) in [5, 5.41) is 18.3. The molecule has 0 radical (unpaired) electrons. The Bertz CT molecular complexity index is 1000. The van der Waals surface area contributed by atoms with Crippen LogP contribution in [-0.2, 0) is 32.7 Å². The molecule has 0 aliphatic rings. The van der Waals surface area contributed by atoms with Gasteiger partial charge in [-0.05, 0) is 64.2 Å². The maximum Gasteiger partial charge on any atom is 0.472 e. The van der Waals surface area contributed by atoms with Gasteiger partial charge in [-0.2, -0.15) is 0 Å². The van der Waals surface area contributed by atoms with E-state index in [-0.39, 0.29) is 19.4 Å². The highest BCUT2D eigenvalue weighted by molar-refractivity contribution is 7.47. The number of phosphoric ester groups is 1. The van der Waals surface area contributed by atoms with Gasteiger partial charge in [-0.1, -0.05) is 167 Å². The number of unbranched alkanes of at least 4 members (excludes halogenated alkanes) is 26. The SMILES string of the molecule is CCCCCC/C=C/CCCCCCCC(=O)OC[C@H](COP(=O)(O)OC[C@@H](O)CO)OC(=O)CCCCCCCCCCCCC/C=C/CCCCCCCC. The molecule has 11 heteroatoms. The standard InChI is InChI=1S/C46H87O10P/c1-3-5-7-9-11-13-15-17-18-19-20-21-22-23-24-26-28-30-32-34-36-38-46(50)56-44(42-55-57(51,52)54-40-43(48)39-47)41-53-45(49)37-35-33-31-29-27-25-16-14-12-10-8-6-4-2/h14,16-18,43-44,47-48H,3-13,15,19-42H2,1-2H3,(H,51,52)/b16-14+,18-17+/t43-,44+/m0/s1. The van der Waals surface area contributed by atoms with Crippen LogP contribution in [0.3, 0.4) is 0 Å². The number of allylic oxidation sites excluding steroid dienone is 4. The zero-order chi connectivity index (χ0) is 41.9. The van der Waals surface area contributed by atoms with Crippen LogP contribution in [-0.4, -0.2) is 65.7 Å². The van der Waals surface area contributed by atoms with Gasteiger partial charge in [0.25, 0.3) is 0 Å². The fourth-order valence-corrected chi connectivity index (χ4v) is 7.24. The van der Waals surface area contributed by atoms with E-state index in [9.17, 15) is 24.2 Å². The van der Waals surface area contributed by atoms with E-state index in [0.717, 1.165) is 57.8 Å². The van der Waals surface area contributed by atoms with Crippen LogP contribution in [0.25, 0.3) is 0 Å². The fraction of sp³-hybridized carbons (Fsp3) is 0.870. The molecular weight excluding hydrogens is 743 g/mol. The molecule has 336 valence electrons. The van der Waals surface area contributed by atoms with E-state index in [0.29, 0.717) is 12.8 Å². The van der Waals surface area contributed by atoms with Crippen molar-refractivity contribution in [2.45, 2.75) is 232 Å². The van der Waals surface area contributed by atoms with Crippen LogP contribution in [0.2, 0.25) is 0 Å². The van der Waals surface area contributed by atoms with Gasteiger partial charge >= 0.3 is 19.8 Å². The lowest BCUT2D eigenvalue weighted by Gasteiger charge is -2.20. The van der Waals surface area contributed by atoms with E-state index in [1.807, 2.05) is 0 Å². The van der Waals surface area contributed by atoms with Crippen LogP contribution >= 0.6 is 7.82 Å². The number of rotatable bonds is 44. The first-order valence-corrected chi connectivity index (χ1v) is 24.8. The van der Waals surface area contributed by atoms with Gasteiger partial charge in [0.05, 0.1) is 19.8 Å². The lowest BCUT2D eigenvalue weighted by Crippen LogP contribution is -2.29. The third kappa shape index (κ3) is 42.4. The molecule has 0 aromatic carbocycles. The van der Waals surface area contributed by atoms with E-state index < -0.39 is 51.8 Å². The van der Waals surface area contributed by atoms with Gasteiger partial charge in [-0.3, -0.25) is 18.6 Å². The Balaban J connectivity index is 4.20. The molecule has 0 spiro atoms. The van der Waals surface area contributed by atoms with Crippen molar-refractivity contribution >= 4 is 19.8 Å². The highest BCUT2D eigenvalue weighted by Crippen LogP contribution is 2.43. The van der Waals surface area contributed by atoms with Gasteiger partial charge in [-0.15, -0.1) is 0 Å². The number of phosphoric acid groups is 1. The molecule has 0 aromatic heterocycles. The molecular formula is C46H87O10P. The lowest BCUT2D eigenvalue weighted by molar-refractivity contribution is -0.161. The smallest absolute Gasteiger partial charge is 0.462 e. The Morgan fingerprint density at radius 3 is 1.28 bits per heavy atom. The van der Waals surface area contributed by atoms with Crippen molar-refractivity contribution in [3.8, 4) is 0 Å². The summed E-state index contributed by atoms with van der Waals surface area (Å²) in [6.07, 6.45) is 42.9. The van der Waals surface area contributed by atoms with Crippen LogP contribution in [0.5, 0.6) is 0 Å². The number of carbonyl (C=O) groups excluding carboxylic acids is 2. The summed E-state index contributed by atoms with van der Waals surface area (Å²) >= 11 is 0. The minimum absolute atomic E-state index is 0.184. The summed E-state index contributed by atoms with van der Waals surface area (Å²) < 4.78 is 32.7. The molecule has 1 unspecified atom stereocenters. The van der Waals surface area contributed by atoms with Crippen molar-refractivity contribution in [2.24, 2.45) is 0 Å². The van der Waals surface area contributed by atoms with Crippen LogP contribution in [0.4, 0.5) is 0 Å². The van der Waals surface area contributed by atoms with Crippen LogP contribution in [0, 0.1) is 0 Å². The summed E-state index contributed by atoms with van der Waals surface area (Å²) in [5.41, 5.74) is 0. The second kappa shape index (κ2) is 42.6. The average Bonchev–Trinajstić information content (AvgIpc) is 3.20. The summed E-state index contributed by atoms with van der Waals surface area (Å²) in [5.74, 6) is -0.929.